The number of aliphatic imine (C=N–C) groups is 2. The number of piperidine rings is 1. The topological polar surface area (TPSA) is 57.1 Å². The number of nitrogens with zero attached hydrogens (tertiary/aromatic N) is 3. The Morgan fingerprint density at radius 3 is 2.32 bits per heavy atom. The SMILES string of the molecule is CSC1=NC2(CCN(C(=O)Nc3ccccc3C(F)(F)F)CC2)N=C1c1ccccc1. The lowest BCUT2D eigenvalue weighted by Gasteiger charge is -2.35. The summed E-state index contributed by atoms with van der Waals surface area (Å²) in [5.74, 6) is 0. The lowest BCUT2D eigenvalue weighted by molar-refractivity contribution is -0.136. The molecule has 5 nitrogen and oxygen atoms in total. The van der Waals surface area contributed by atoms with Gasteiger partial charge in [-0.15, -0.1) is 11.8 Å². The number of carbonyl (C=O) groups excluding carboxylic acids is 1. The Bertz CT molecular complexity index is 1030. The van der Waals surface area contributed by atoms with E-state index in [0.717, 1.165) is 22.4 Å². The molecule has 0 bridgehead atoms. The molecule has 0 saturated carbocycles. The van der Waals surface area contributed by atoms with Gasteiger partial charge in [-0.1, -0.05) is 42.5 Å². The zero-order valence-corrected chi connectivity index (χ0v) is 17.6. The van der Waals surface area contributed by atoms with Crippen molar-refractivity contribution in [2.45, 2.75) is 24.7 Å². The van der Waals surface area contributed by atoms with Crippen molar-refractivity contribution >= 4 is 34.2 Å². The number of rotatable bonds is 2. The Labute approximate surface area is 182 Å². The summed E-state index contributed by atoms with van der Waals surface area (Å²) in [4.78, 5) is 23.9. The number of para-hydroxylation sites is 1. The molecule has 0 aromatic heterocycles. The van der Waals surface area contributed by atoms with Crippen LogP contribution in [0.2, 0.25) is 0 Å². The van der Waals surface area contributed by atoms with E-state index in [1.165, 1.54) is 34.9 Å². The predicted octanol–water partition coefficient (Wildman–Crippen LogP) is 5.29. The van der Waals surface area contributed by atoms with E-state index in [4.69, 9.17) is 9.98 Å². The molecule has 0 radical (unpaired) electrons. The fraction of sp³-hybridized carbons (Fsp3) is 0.318. The maximum Gasteiger partial charge on any atom is 0.418 e. The van der Waals surface area contributed by atoms with Gasteiger partial charge in [-0.2, -0.15) is 13.2 Å². The first-order valence-electron chi connectivity index (χ1n) is 9.83. The number of anilines is 1. The van der Waals surface area contributed by atoms with Gasteiger partial charge in [-0.05, 0) is 18.4 Å². The average Bonchev–Trinajstić information content (AvgIpc) is 3.12. The van der Waals surface area contributed by atoms with Crippen molar-refractivity contribution in [2.24, 2.45) is 9.98 Å². The average molecular weight is 446 g/mol. The van der Waals surface area contributed by atoms with Crippen LogP contribution in [0.4, 0.5) is 23.7 Å². The van der Waals surface area contributed by atoms with Crippen molar-refractivity contribution in [1.29, 1.82) is 0 Å². The highest BCUT2D eigenvalue weighted by Gasteiger charge is 2.41. The number of alkyl halides is 3. The number of hydrogen-bond donors (Lipinski definition) is 1. The van der Waals surface area contributed by atoms with Crippen molar-refractivity contribution in [3.05, 3.63) is 65.7 Å². The molecule has 9 heteroatoms. The normalized spacial score (nSPS) is 18.0. The Morgan fingerprint density at radius 2 is 1.68 bits per heavy atom. The predicted molar refractivity (Wildman–Crippen MR) is 118 cm³/mol. The van der Waals surface area contributed by atoms with Gasteiger partial charge in [0.15, 0.2) is 5.66 Å². The smallest absolute Gasteiger partial charge is 0.324 e. The lowest BCUT2D eigenvalue weighted by Crippen LogP contribution is -2.46. The van der Waals surface area contributed by atoms with Gasteiger partial charge >= 0.3 is 12.2 Å². The van der Waals surface area contributed by atoms with Crippen LogP contribution in [-0.4, -0.2) is 46.7 Å². The van der Waals surface area contributed by atoms with Crippen LogP contribution in [0.3, 0.4) is 0 Å². The number of amides is 2. The van der Waals surface area contributed by atoms with Gasteiger partial charge in [0, 0.05) is 31.5 Å². The van der Waals surface area contributed by atoms with Crippen LogP contribution in [0.1, 0.15) is 24.0 Å². The fourth-order valence-corrected chi connectivity index (χ4v) is 4.39. The van der Waals surface area contributed by atoms with E-state index in [0.29, 0.717) is 25.9 Å². The molecule has 1 spiro atoms. The second-order valence-corrected chi connectivity index (χ2v) is 8.19. The van der Waals surface area contributed by atoms with Crippen molar-refractivity contribution in [1.82, 2.24) is 4.90 Å². The Morgan fingerprint density at radius 1 is 1.03 bits per heavy atom. The minimum Gasteiger partial charge on any atom is -0.324 e. The van der Waals surface area contributed by atoms with E-state index in [2.05, 4.69) is 5.32 Å². The number of hydrogen-bond acceptors (Lipinski definition) is 4. The molecule has 0 atom stereocenters. The van der Waals surface area contributed by atoms with Gasteiger partial charge in [0.05, 0.1) is 17.0 Å². The number of carbonyl (C=O) groups is 1. The van der Waals surface area contributed by atoms with Gasteiger partial charge in [0.1, 0.15) is 5.04 Å². The van der Waals surface area contributed by atoms with Crippen LogP contribution in [-0.2, 0) is 6.18 Å². The van der Waals surface area contributed by atoms with Gasteiger partial charge in [-0.25, -0.2) is 9.79 Å². The van der Waals surface area contributed by atoms with E-state index in [1.54, 1.807) is 0 Å². The van der Waals surface area contributed by atoms with Crippen LogP contribution in [0, 0.1) is 0 Å². The maximum atomic E-state index is 13.2. The minimum atomic E-state index is -4.54. The van der Waals surface area contributed by atoms with Crippen LogP contribution in [0.5, 0.6) is 0 Å². The molecule has 2 aliphatic heterocycles. The first kappa shape index (κ1) is 21.4. The van der Waals surface area contributed by atoms with Crippen molar-refractivity contribution in [3.8, 4) is 0 Å². The molecule has 1 N–H and O–H groups in total. The lowest BCUT2D eigenvalue weighted by atomic mass is 9.98. The quantitative estimate of drug-likeness (QED) is 0.681. The number of benzene rings is 2. The molecule has 2 amide bonds. The van der Waals surface area contributed by atoms with Crippen LogP contribution < -0.4 is 5.32 Å². The molecule has 2 heterocycles. The minimum absolute atomic E-state index is 0.242. The van der Waals surface area contributed by atoms with Gasteiger partial charge < -0.3 is 10.2 Å². The van der Waals surface area contributed by atoms with E-state index in [1.807, 2.05) is 36.6 Å². The van der Waals surface area contributed by atoms with Gasteiger partial charge in [0.2, 0.25) is 0 Å². The zero-order chi connectivity index (χ0) is 22.1. The summed E-state index contributed by atoms with van der Waals surface area (Å²) in [6.07, 6.45) is -1.55. The monoisotopic (exact) mass is 446 g/mol. The highest BCUT2D eigenvalue weighted by molar-refractivity contribution is 8.15. The third kappa shape index (κ3) is 4.46. The molecular formula is C22H21F3N4OS. The molecule has 0 unspecified atom stereocenters. The van der Waals surface area contributed by atoms with E-state index in [-0.39, 0.29) is 5.69 Å². The number of urea groups is 1. The summed E-state index contributed by atoms with van der Waals surface area (Å²) >= 11 is 1.54. The summed E-state index contributed by atoms with van der Waals surface area (Å²) in [6.45, 7) is 0.716. The number of halogens is 3. The molecule has 162 valence electrons. The van der Waals surface area contributed by atoms with Crippen LogP contribution >= 0.6 is 11.8 Å². The van der Waals surface area contributed by atoms with E-state index >= 15 is 0 Å². The van der Waals surface area contributed by atoms with Gasteiger partial charge in [0.25, 0.3) is 0 Å². The fourth-order valence-electron chi connectivity index (χ4n) is 3.77. The van der Waals surface area contributed by atoms with E-state index in [9.17, 15) is 18.0 Å². The summed E-state index contributed by atoms with van der Waals surface area (Å²) < 4.78 is 39.6. The molecule has 1 fully saturated rings. The molecule has 4 rings (SSSR count). The first-order chi connectivity index (χ1) is 14.8. The second-order valence-electron chi connectivity index (χ2n) is 7.39. The van der Waals surface area contributed by atoms with Crippen molar-refractivity contribution in [2.75, 3.05) is 24.7 Å². The molecule has 31 heavy (non-hydrogen) atoms. The molecule has 1 saturated heterocycles. The molecular weight excluding hydrogens is 425 g/mol. The Hall–Kier alpha value is -2.81. The molecule has 2 aromatic rings. The van der Waals surface area contributed by atoms with Gasteiger partial charge in [-0.3, -0.25) is 4.99 Å². The standard InChI is InChI=1S/C22H21F3N4OS/c1-31-19-18(15-7-3-2-4-8-15)27-21(28-19)11-13-29(14-12-21)20(30)26-17-10-6-5-9-16(17)22(23,24)25/h2-10H,11-14H2,1H3,(H,26,30). The zero-order valence-electron chi connectivity index (χ0n) is 16.8. The maximum absolute atomic E-state index is 13.2. The second kappa shape index (κ2) is 8.37. The third-order valence-electron chi connectivity index (χ3n) is 5.40. The molecule has 2 aromatic carbocycles. The molecule has 2 aliphatic rings. The van der Waals surface area contributed by atoms with Crippen LogP contribution in [0.15, 0.2) is 64.6 Å². The molecule has 0 aliphatic carbocycles. The number of thioether (sulfide) groups is 1. The van der Waals surface area contributed by atoms with E-state index < -0.39 is 23.4 Å². The largest absolute Gasteiger partial charge is 0.418 e. The highest BCUT2D eigenvalue weighted by atomic mass is 32.2. The number of nitrogens with one attached hydrogen (secondary N) is 1. The van der Waals surface area contributed by atoms with Crippen molar-refractivity contribution < 1.29 is 18.0 Å². The summed E-state index contributed by atoms with van der Waals surface area (Å²) in [6, 6.07) is 14.3. The van der Waals surface area contributed by atoms with Crippen molar-refractivity contribution in [3.63, 3.8) is 0 Å². The Kier molecular flexibility index (Phi) is 5.79. The van der Waals surface area contributed by atoms with Crippen LogP contribution in [0.25, 0.3) is 0 Å². The number of likely N-dealkylation sites (tertiary alicyclic amines) is 1. The third-order valence-corrected chi connectivity index (χ3v) is 6.07. The summed E-state index contributed by atoms with van der Waals surface area (Å²) in [5.41, 5.74) is 0.123. The first-order valence-corrected chi connectivity index (χ1v) is 11.1. The summed E-state index contributed by atoms with van der Waals surface area (Å²) in [7, 11) is 0. The highest BCUT2D eigenvalue weighted by Crippen LogP contribution is 2.37. The Balaban J connectivity index is 1.46. The summed E-state index contributed by atoms with van der Waals surface area (Å²) in [5, 5.41) is 3.28.